The molecule has 0 saturated heterocycles. The second-order valence-electron chi connectivity index (χ2n) is 5.84. The summed E-state index contributed by atoms with van der Waals surface area (Å²) in [6.07, 6.45) is 1.51. The van der Waals surface area contributed by atoms with Gasteiger partial charge in [0.25, 0.3) is 11.8 Å². The Morgan fingerprint density at radius 3 is 1.86 bits per heavy atom. The van der Waals surface area contributed by atoms with Crippen molar-refractivity contribution in [1.29, 1.82) is 0 Å². The molecule has 0 spiro atoms. The summed E-state index contributed by atoms with van der Waals surface area (Å²) in [4.78, 5) is 32.0. The molecule has 2 amide bonds. The van der Waals surface area contributed by atoms with Gasteiger partial charge in [-0.05, 0) is 55.0 Å². The summed E-state index contributed by atoms with van der Waals surface area (Å²) < 4.78 is 1.32. The number of hydrogen-bond acceptors (Lipinski definition) is 3. The lowest BCUT2D eigenvalue weighted by molar-refractivity contribution is 0.0896. The van der Waals surface area contributed by atoms with Crippen molar-refractivity contribution < 1.29 is 9.59 Å². The van der Waals surface area contributed by atoms with E-state index in [0.717, 1.165) is 4.90 Å². The number of amides is 2. The van der Waals surface area contributed by atoms with Gasteiger partial charge in [0, 0.05) is 15.1 Å². The van der Waals surface area contributed by atoms with Crippen molar-refractivity contribution in [2.24, 2.45) is 0 Å². The van der Waals surface area contributed by atoms with Crippen molar-refractivity contribution in [3.63, 3.8) is 0 Å². The second-order valence-corrected chi connectivity index (χ2v) is 8.48. The van der Waals surface area contributed by atoms with E-state index in [9.17, 15) is 9.59 Å². The minimum Gasteiger partial charge on any atom is -0.268 e. The van der Waals surface area contributed by atoms with Crippen molar-refractivity contribution in [3.05, 3.63) is 90.4 Å². The first-order valence-corrected chi connectivity index (χ1v) is 10.3. The molecule has 0 fully saturated rings. The lowest BCUT2D eigenvalue weighted by Crippen LogP contribution is -2.38. The number of aryl methyl sites for hydroxylation is 1. The van der Waals surface area contributed by atoms with Gasteiger partial charge < -0.3 is 0 Å². The molecule has 28 heavy (non-hydrogen) atoms. The van der Waals surface area contributed by atoms with Crippen molar-refractivity contribution in [2.45, 2.75) is 6.92 Å². The Bertz CT molecular complexity index is 1030. The van der Waals surface area contributed by atoms with Gasteiger partial charge in [-0.15, -0.1) is 0 Å². The summed E-state index contributed by atoms with van der Waals surface area (Å²) >= 11 is 19.1. The van der Waals surface area contributed by atoms with Crippen molar-refractivity contribution >= 4 is 72.7 Å². The Balaban J connectivity index is 2.20. The molecule has 1 aromatic heterocycles. The first-order chi connectivity index (χ1) is 13.3. The van der Waals surface area contributed by atoms with E-state index < -0.39 is 11.8 Å². The summed E-state index contributed by atoms with van der Waals surface area (Å²) in [7, 11) is 0. The highest BCUT2D eigenvalue weighted by Crippen LogP contribution is 2.29. The fraction of sp³-hybridized carbons (Fsp3) is 0.0500. The van der Waals surface area contributed by atoms with Crippen LogP contribution in [0, 0.1) is 6.92 Å². The van der Waals surface area contributed by atoms with Gasteiger partial charge in [-0.3, -0.25) is 9.59 Å². The number of anilines is 1. The largest absolute Gasteiger partial charge is 0.268 e. The van der Waals surface area contributed by atoms with Crippen LogP contribution in [0.1, 0.15) is 26.3 Å². The molecule has 0 radical (unpaired) electrons. The van der Waals surface area contributed by atoms with E-state index in [-0.39, 0.29) is 27.0 Å². The highest BCUT2D eigenvalue weighted by atomic mass is 79.9. The fourth-order valence-electron chi connectivity index (χ4n) is 2.56. The molecule has 0 N–H and O–H groups in total. The summed E-state index contributed by atoms with van der Waals surface area (Å²) in [6.45, 7) is 1.76. The molecule has 0 atom stereocenters. The number of aromatic nitrogens is 1. The van der Waals surface area contributed by atoms with Gasteiger partial charge in [-0.2, -0.15) is 0 Å². The van der Waals surface area contributed by atoms with Crippen LogP contribution in [0.2, 0.25) is 10.0 Å². The van der Waals surface area contributed by atoms with Crippen LogP contribution in [0.5, 0.6) is 0 Å². The van der Waals surface area contributed by atoms with Crippen LogP contribution in [0.15, 0.2) is 63.7 Å². The van der Waals surface area contributed by atoms with Crippen LogP contribution in [0.4, 0.5) is 5.82 Å². The van der Waals surface area contributed by atoms with E-state index in [4.69, 9.17) is 23.2 Å². The van der Waals surface area contributed by atoms with Crippen LogP contribution in [-0.2, 0) is 0 Å². The van der Waals surface area contributed by atoms with Gasteiger partial charge >= 0.3 is 0 Å². The van der Waals surface area contributed by atoms with Gasteiger partial charge in [-0.1, -0.05) is 61.1 Å². The van der Waals surface area contributed by atoms with Gasteiger partial charge in [0.05, 0.1) is 21.2 Å². The number of benzene rings is 2. The average molecular weight is 543 g/mol. The Morgan fingerprint density at radius 2 is 1.39 bits per heavy atom. The number of rotatable bonds is 3. The van der Waals surface area contributed by atoms with Crippen LogP contribution in [-0.4, -0.2) is 16.8 Å². The van der Waals surface area contributed by atoms with Gasteiger partial charge in [0.2, 0.25) is 0 Å². The van der Waals surface area contributed by atoms with E-state index in [1.807, 2.05) is 0 Å². The van der Waals surface area contributed by atoms with Crippen LogP contribution in [0.3, 0.4) is 0 Å². The van der Waals surface area contributed by atoms with Gasteiger partial charge in [0.15, 0.2) is 0 Å². The predicted octanol–water partition coefficient (Wildman–Crippen LogP) is 6.71. The molecule has 4 nitrogen and oxygen atoms in total. The molecule has 8 heteroatoms. The van der Waals surface area contributed by atoms with E-state index in [1.54, 1.807) is 55.5 Å². The van der Waals surface area contributed by atoms with Crippen molar-refractivity contribution in [2.75, 3.05) is 4.90 Å². The summed E-state index contributed by atoms with van der Waals surface area (Å²) in [6, 6.07) is 13.2. The van der Waals surface area contributed by atoms with Crippen LogP contribution >= 0.6 is 55.1 Å². The number of imide groups is 1. The summed E-state index contributed by atoms with van der Waals surface area (Å²) in [5.74, 6) is -0.993. The van der Waals surface area contributed by atoms with Gasteiger partial charge in [0.1, 0.15) is 5.82 Å². The Morgan fingerprint density at radius 1 is 0.893 bits per heavy atom. The highest BCUT2D eigenvalue weighted by molar-refractivity contribution is 9.10. The molecular formula is C20H12Br2Cl2N2O2. The summed E-state index contributed by atoms with van der Waals surface area (Å²) in [5.41, 5.74) is 0.988. The summed E-state index contributed by atoms with van der Waals surface area (Å²) in [5, 5.41) is 0.444. The van der Waals surface area contributed by atoms with Crippen molar-refractivity contribution in [1.82, 2.24) is 4.98 Å². The SMILES string of the molecule is Cc1cccnc1N(C(=O)c1cc(Br)ccc1Cl)C(=O)c1cc(Br)ccc1Cl. The van der Waals surface area contributed by atoms with E-state index >= 15 is 0 Å². The molecule has 1 heterocycles. The third-order valence-corrected chi connectivity index (χ3v) is 5.56. The molecule has 0 aliphatic rings. The molecule has 0 aliphatic heterocycles. The number of halogens is 4. The maximum atomic E-state index is 13.4. The van der Waals surface area contributed by atoms with E-state index in [2.05, 4.69) is 36.8 Å². The Kier molecular flexibility index (Phi) is 6.55. The smallest absolute Gasteiger partial charge is 0.268 e. The number of hydrogen-bond donors (Lipinski definition) is 0. The number of carbonyl (C=O) groups excluding carboxylic acids is 2. The van der Waals surface area contributed by atoms with E-state index in [1.165, 1.54) is 6.20 Å². The van der Waals surface area contributed by atoms with Crippen LogP contribution < -0.4 is 4.90 Å². The lowest BCUT2D eigenvalue weighted by atomic mass is 10.1. The standard InChI is InChI=1S/C20H12Br2Cl2N2O2/c1-11-3-2-8-25-18(11)26(19(27)14-9-12(21)4-6-16(14)23)20(28)15-10-13(22)5-7-17(15)24/h2-10H,1H3. The normalized spacial score (nSPS) is 10.6. The zero-order valence-corrected chi connectivity index (χ0v) is 19.1. The monoisotopic (exact) mass is 540 g/mol. The molecule has 2 aromatic carbocycles. The quantitative estimate of drug-likeness (QED) is 0.346. The zero-order valence-electron chi connectivity index (χ0n) is 14.4. The maximum absolute atomic E-state index is 13.4. The Hall–Kier alpha value is -1.73. The third-order valence-electron chi connectivity index (χ3n) is 3.92. The topological polar surface area (TPSA) is 50.3 Å². The number of nitrogens with zero attached hydrogens (tertiary/aromatic N) is 2. The van der Waals surface area contributed by atoms with Crippen LogP contribution in [0.25, 0.3) is 0 Å². The lowest BCUT2D eigenvalue weighted by Gasteiger charge is -2.23. The minimum atomic E-state index is -0.603. The first kappa shape index (κ1) is 21.0. The van der Waals surface area contributed by atoms with Gasteiger partial charge in [-0.25, -0.2) is 9.88 Å². The maximum Gasteiger partial charge on any atom is 0.268 e. The highest BCUT2D eigenvalue weighted by Gasteiger charge is 2.31. The predicted molar refractivity (Wildman–Crippen MR) is 118 cm³/mol. The molecule has 142 valence electrons. The molecule has 0 bridgehead atoms. The molecule has 3 aromatic rings. The average Bonchev–Trinajstić information content (AvgIpc) is 2.67. The zero-order chi connectivity index (χ0) is 20.4. The van der Waals surface area contributed by atoms with E-state index in [0.29, 0.717) is 14.5 Å². The van der Waals surface area contributed by atoms with Crippen molar-refractivity contribution in [3.8, 4) is 0 Å². The molecule has 3 rings (SSSR count). The fourth-order valence-corrected chi connectivity index (χ4v) is 3.68. The molecule has 0 saturated carbocycles. The first-order valence-electron chi connectivity index (χ1n) is 8.00. The molecule has 0 aliphatic carbocycles. The Labute approximate surface area is 188 Å². The number of carbonyl (C=O) groups is 2. The third kappa shape index (κ3) is 4.30. The molecule has 0 unspecified atom stereocenters. The number of pyridine rings is 1. The second kappa shape index (κ2) is 8.74. The molecular weight excluding hydrogens is 531 g/mol. The minimum absolute atomic E-state index is 0.167.